The van der Waals surface area contributed by atoms with Gasteiger partial charge in [-0.15, -0.1) is 0 Å². The highest BCUT2D eigenvalue weighted by Gasteiger charge is 2.42. The molecule has 182 valence electrons. The van der Waals surface area contributed by atoms with Crippen molar-refractivity contribution in [2.24, 2.45) is 23.5 Å². The summed E-state index contributed by atoms with van der Waals surface area (Å²) < 4.78 is 14.4. The molecule has 4 N–H and O–H groups in total. The van der Waals surface area contributed by atoms with Gasteiger partial charge in [0.05, 0.1) is 14.2 Å². The number of amides is 3. The Labute approximate surface area is 192 Å². The predicted octanol–water partition coefficient (Wildman–Crippen LogP) is 0.506. The number of rotatable bonds is 11. The molecule has 3 amide bonds. The number of benzene rings is 1. The molecule has 1 aromatic rings. The van der Waals surface area contributed by atoms with Crippen molar-refractivity contribution in [1.82, 2.24) is 10.6 Å². The molecule has 1 rings (SSSR count). The molecule has 0 bridgehead atoms. The zero-order valence-corrected chi connectivity index (χ0v) is 19.3. The fourth-order valence-electron chi connectivity index (χ4n) is 3.10. The van der Waals surface area contributed by atoms with Gasteiger partial charge in [0.25, 0.3) is 0 Å². The van der Waals surface area contributed by atoms with Gasteiger partial charge in [-0.2, -0.15) is 0 Å². The summed E-state index contributed by atoms with van der Waals surface area (Å²) in [6.45, 7) is 4.73. The maximum Gasteiger partial charge on any atom is 0.408 e. The van der Waals surface area contributed by atoms with E-state index in [0.717, 1.165) is 19.8 Å². The summed E-state index contributed by atoms with van der Waals surface area (Å²) >= 11 is 0. The van der Waals surface area contributed by atoms with E-state index in [1.54, 1.807) is 38.1 Å². The average molecular weight is 466 g/mol. The van der Waals surface area contributed by atoms with Crippen LogP contribution in [0.5, 0.6) is 0 Å². The minimum absolute atomic E-state index is 0.00000867. The molecule has 0 aliphatic heterocycles. The number of ether oxygens (including phenoxy) is 3. The Balaban J connectivity index is 2.93. The highest BCUT2D eigenvalue weighted by atomic mass is 16.6. The Morgan fingerprint density at radius 2 is 1.42 bits per heavy atom. The summed E-state index contributed by atoms with van der Waals surface area (Å²) in [7, 11) is 2.14. The topological polar surface area (TPSA) is 163 Å². The lowest BCUT2D eigenvalue weighted by atomic mass is 9.86. The molecular formula is C22H31N3O8. The quantitative estimate of drug-likeness (QED) is 0.242. The van der Waals surface area contributed by atoms with Gasteiger partial charge in [-0.25, -0.2) is 4.79 Å². The molecule has 3 atom stereocenters. The molecule has 11 heteroatoms. The van der Waals surface area contributed by atoms with Gasteiger partial charge in [-0.05, 0) is 11.5 Å². The van der Waals surface area contributed by atoms with Crippen LogP contribution in [-0.2, 0) is 40.0 Å². The molecule has 0 aromatic heterocycles. The van der Waals surface area contributed by atoms with Gasteiger partial charge in [0.1, 0.15) is 18.7 Å². The first-order chi connectivity index (χ1) is 15.5. The largest absolute Gasteiger partial charge is 0.468 e. The van der Waals surface area contributed by atoms with E-state index in [0.29, 0.717) is 0 Å². The number of carbonyl (C=O) groups is 5. The zero-order valence-electron chi connectivity index (χ0n) is 19.3. The van der Waals surface area contributed by atoms with E-state index in [4.69, 9.17) is 10.5 Å². The molecule has 11 nitrogen and oxygen atoms in total. The van der Waals surface area contributed by atoms with Crippen LogP contribution in [0.2, 0.25) is 0 Å². The number of esters is 2. The number of nitrogens with one attached hydrogen (secondary N) is 2. The van der Waals surface area contributed by atoms with Crippen LogP contribution in [0.4, 0.5) is 4.79 Å². The van der Waals surface area contributed by atoms with Crippen molar-refractivity contribution in [1.29, 1.82) is 0 Å². The summed E-state index contributed by atoms with van der Waals surface area (Å²) in [5, 5.41) is 4.87. The third kappa shape index (κ3) is 8.09. The summed E-state index contributed by atoms with van der Waals surface area (Å²) in [4.78, 5) is 61.4. The van der Waals surface area contributed by atoms with E-state index in [-0.39, 0.29) is 6.61 Å². The second-order valence-electron chi connectivity index (χ2n) is 7.70. The zero-order chi connectivity index (χ0) is 25.1. The Morgan fingerprint density at radius 3 is 1.88 bits per heavy atom. The van der Waals surface area contributed by atoms with Gasteiger partial charge in [0.15, 0.2) is 5.92 Å². The van der Waals surface area contributed by atoms with Crippen molar-refractivity contribution < 1.29 is 38.2 Å². The summed E-state index contributed by atoms with van der Waals surface area (Å²) in [6.07, 6.45) is -0.835. The lowest BCUT2D eigenvalue weighted by molar-refractivity contribution is -0.162. The second kappa shape index (κ2) is 13.0. The van der Waals surface area contributed by atoms with Crippen LogP contribution < -0.4 is 16.4 Å². The van der Waals surface area contributed by atoms with Gasteiger partial charge >= 0.3 is 18.0 Å². The molecule has 0 saturated carbocycles. The number of methoxy groups -OCH3 is 2. The van der Waals surface area contributed by atoms with Crippen LogP contribution in [0.15, 0.2) is 30.3 Å². The average Bonchev–Trinajstić information content (AvgIpc) is 2.79. The van der Waals surface area contributed by atoms with Gasteiger partial charge in [-0.3, -0.25) is 19.2 Å². The Kier molecular flexibility index (Phi) is 10.8. The molecule has 0 spiro atoms. The lowest BCUT2D eigenvalue weighted by Crippen LogP contribution is -2.58. The van der Waals surface area contributed by atoms with Gasteiger partial charge in [0.2, 0.25) is 11.8 Å². The standard InChI is InChI=1S/C22H31N3O8/c1-12(2)16(25-22(30)33-11-14-9-7-6-8-10-14)19(27)24-17(18(23)26)13(3)15(20(28)31-4)21(29)32-5/h6-10,12-13,15-17H,11H2,1-5H3,(H2,23,26)(H,24,27)(H,25,30)/t13-,16-,17-/m1/s1. The lowest BCUT2D eigenvalue weighted by Gasteiger charge is -2.29. The number of alkyl carbamates (subject to hydrolysis) is 1. The van der Waals surface area contributed by atoms with Crippen LogP contribution in [0.25, 0.3) is 0 Å². The first-order valence-electron chi connectivity index (χ1n) is 10.3. The van der Waals surface area contributed by atoms with E-state index in [9.17, 15) is 24.0 Å². The van der Waals surface area contributed by atoms with Crippen LogP contribution in [0.1, 0.15) is 26.3 Å². The number of primary amides is 1. The Bertz CT molecular complexity index is 827. The van der Waals surface area contributed by atoms with Crippen molar-refractivity contribution in [3.63, 3.8) is 0 Å². The van der Waals surface area contributed by atoms with Crippen LogP contribution >= 0.6 is 0 Å². The van der Waals surface area contributed by atoms with E-state index < -0.39 is 59.7 Å². The number of nitrogens with two attached hydrogens (primary N) is 1. The molecule has 0 unspecified atom stereocenters. The fourth-order valence-corrected chi connectivity index (χ4v) is 3.10. The minimum atomic E-state index is -1.50. The molecule has 0 radical (unpaired) electrons. The Hall–Kier alpha value is -3.63. The van der Waals surface area contributed by atoms with E-state index >= 15 is 0 Å². The molecule has 0 heterocycles. The highest BCUT2D eigenvalue weighted by Crippen LogP contribution is 2.20. The van der Waals surface area contributed by atoms with Crippen molar-refractivity contribution in [3.8, 4) is 0 Å². The number of carbonyl (C=O) groups excluding carboxylic acids is 5. The van der Waals surface area contributed by atoms with Gasteiger partial charge in [0, 0.05) is 5.92 Å². The van der Waals surface area contributed by atoms with Crippen LogP contribution in [0.3, 0.4) is 0 Å². The maximum absolute atomic E-state index is 12.9. The van der Waals surface area contributed by atoms with Crippen molar-refractivity contribution in [3.05, 3.63) is 35.9 Å². The van der Waals surface area contributed by atoms with Crippen molar-refractivity contribution in [2.75, 3.05) is 14.2 Å². The SMILES string of the molecule is COC(=O)C(C(=O)OC)[C@@H](C)[C@@H](NC(=O)[C@H](NC(=O)OCc1ccccc1)C(C)C)C(N)=O. The van der Waals surface area contributed by atoms with Gasteiger partial charge < -0.3 is 30.6 Å². The number of hydrogen-bond donors (Lipinski definition) is 3. The molecular weight excluding hydrogens is 434 g/mol. The fraction of sp³-hybridized carbons (Fsp3) is 0.500. The van der Waals surface area contributed by atoms with Gasteiger partial charge in [-0.1, -0.05) is 51.1 Å². The van der Waals surface area contributed by atoms with E-state index in [1.807, 2.05) is 6.07 Å². The minimum Gasteiger partial charge on any atom is -0.468 e. The predicted molar refractivity (Wildman–Crippen MR) is 116 cm³/mol. The molecule has 0 saturated heterocycles. The highest BCUT2D eigenvalue weighted by molar-refractivity contribution is 5.97. The number of hydrogen-bond acceptors (Lipinski definition) is 8. The van der Waals surface area contributed by atoms with Crippen molar-refractivity contribution in [2.45, 2.75) is 39.5 Å². The third-order valence-electron chi connectivity index (χ3n) is 5.00. The van der Waals surface area contributed by atoms with E-state index in [1.165, 1.54) is 6.92 Å². The Morgan fingerprint density at radius 1 is 0.879 bits per heavy atom. The second-order valence-corrected chi connectivity index (χ2v) is 7.70. The summed E-state index contributed by atoms with van der Waals surface area (Å²) in [5.74, 6) is -6.61. The first-order valence-corrected chi connectivity index (χ1v) is 10.3. The smallest absolute Gasteiger partial charge is 0.408 e. The summed E-state index contributed by atoms with van der Waals surface area (Å²) in [5.41, 5.74) is 6.19. The molecule has 0 fully saturated rings. The normalized spacial score (nSPS) is 13.4. The molecule has 0 aliphatic carbocycles. The maximum atomic E-state index is 12.9. The molecule has 1 aromatic carbocycles. The summed E-state index contributed by atoms with van der Waals surface area (Å²) in [6, 6.07) is 6.45. The molecule has 0 aliphatic rings. The van der Waals surface area contributed by atoms with Crippen LogP contribution in [-0.4, -0.2) is 56.1 Å². The third-order valence-corrected chi connectivity index (χ3v) is 5.00. The first kappa shape index (κ1) is 27.4. The van der Waals surface area contributed by atoms with Crippen molar-refractivity contribution >= 4 is 29.8 Å². The monoisotopic (exact) mass is 465 g/mol. The van der Waals surface area contributed by atoms with E-state index in [2.05, 4.69) is 20.1 Å². The van der Waals surface area contributed by atoms with Crippen LogP contribution in [0, 0.1) is 17.8 Å². The molecule has 33 heavy (non-hydrogen) atoms.